The number of carbonyl (C=O) groups excluding carboxylic acids is 2. The van der Waals surface area contributed by atoms with E-state index in [4.69, 9.17) is 4.74 Å². The molecule has 160 valence electrons. The van der Waals surface area contributed by atoms with Gasteiger partial charge in [-0.3, -0.25) is 14.5 Å². The van der Waals surface area contributed by atoms with Gasteiger partial charge < -0.3 is 9.64 Å². The van der Waals surface area contributed by atoms with Crippen LogP contribution in [0.1, 0.15) is 30.5 Å². The highest BCUT2D eigenvalue weighted by Crippen LogP contribution is 2.28. The number of aromatic nitrogens is 1. The molecular formula is C23H29N3O3S. The number of hydrogen-bond acceptors (Lipinski definition) is 6. The fourth-order valence-electron chi connectivity index (χ4n) is 3.89. The van der Waals surface area contributed by atoms with E-state index in [9.17, 15) is 9.59 Å². The zero-order valence-electron chi connectivity index (χ0n) is 17.5. The Morgan fingerprint density at radius 3 is 2.70 bits per heavy atom. The molecular weight excluding hydrogens is 398 g/mol. The standard InChI is InChI=1S/C23H29N3O3S/c1-17-4-2-7-19(14-17)22-24-20(16-30-22)15-21(27)29-13-12-25-8-10-26(11-9-25)23(28)18-5-3-6-18/h2,4,7,14,16,18H,3,5-6,8-13,15H2,1H3. The van der Waals surface area contributed by atoms with Gasteiger partial charge in [0, 0.05) is 49.6 Å². The van der Waals surface area contributed by atoms with Gasteiger partial charge in [0.15, 0.2) is 0 Å². The third-order valence-electron chi connectivity index (χ3n) is 5.95. The largest absolute Gasteiger partial charge is 0.464 e. The molecule has 1 aliphatic carbocycles. The summed E-state index contributed by atoms with van der Waals surface area (Å²) in [6.07, 6.45) is 3.50. The van der Waals surface area contributed by atoms with Crippen LogP contribution in [0.2, 0.25) is 0 Å². The van der Waals surface area contributed by atoms with Crippen LogP contribution >= 0.6 is 11.3 Å². The average molecular weight is 428 g/mol. The van der Waals surface area contributed by atoms with Gasteiger partial charge in [-0.05, 0) is 25.8 Å². The lowest BCUT2D eigenvalue weighted by molar-refractivity contribution is -0.143. The molecule has 0 unspecified atom stereocenters. The normalized spacial score (nSPS) is 17.6. The molecule has 2 aromatic rings. The lowest BCUT2D eigenvalue weighted by atomic mass is 9.84. The number of nitrogens with zero attached hydrogens (tertiary/aromatic N) is 3. The van der Waals surface area contributed by atoms with Gasteiger partial charge in [-0.25, -0.2) is 4.98 Å². The van der Waals surface area contributed by atoms with Crippen LogP contribution in [0.25, 0.3) is 10.6 Å². The number of aryl methyl sites for hydroxylation is 1. The van der Waals surface area contributed by atoms with Crippen LogP contribution in [0.4, 0.5) is 0 Å². The Bertz CT molecular complexity index is 885. The van der Waals surface area contributed by atoms with Gasteiger partial charge in [-0.15, -0.1) is 11.3 Å². The van der Waals surface area contributed by atoms with Crippen LogP contribution in [0.15, 0.2) is 29.6 Å². The molecule has 0 atom stereocenters. The molecule has 6 nitrogen and oxygen atoms in total. The minimum Gasteiger partial charge on any atom is -0.464 e. The molecule has 1 aromatic carbocycles. The molecule has 1 amide bonds. The van der Waals surface area contributed by atoms with Crippen molar-refractivity contribution in [2.75, 3.05) is 39.3 Å². The SMILES string of the molecule is Cc1cccc(-c2nc(CC(=O)OCCN3CCN(C(=O)C4CCC4)CC3)cs2)c1. The minimum atomic E-state index is -0.241. The van der Waals surface area contributed by atoms with E-state index >= 15 is 0 Å². The molecule has 2 fully saturated rings. The highest BCUT2D eigenvalue weighted by Gasteiger charge is 2.31. The van der Waals surface area contributed by atoms with Gasteiger partial charge in [-0.2, -0.15) is 0 Å². The number of hydrogen-bond donors (Lipinski definition) is 0. The smallest absolute Gasteiger partial charge is 0.311 e. The predicted molar refractivity (Wildman–Crippen MR) is 117 cm³/mol. The lowest BCUT2D eigenvalue weighted by Crippen LogP contribution is -2.51. The van der Waals surface area contributed by atoms with E-state index in [0.717, 1.165) is 55.3 Å². The van der Waals surface area contributed by atoms with Crippen molar-refractivity contribution in [3.63, 3.8) is 0 Å². The fourth-order valence-corrected chi connectivity index (χ4v) is 4.71. The predicted octanol–water partition coefficient (Wildman–Crippen LogP) is 3.15. The van der Waals surface area contributed by atoms with Crippen molar-refractivity contribution >= 4 is 23.2 Å². The van der Waals surface area contributed by atoms with Crippen LogP contribution in [-0.2, 0) is 20.7 Å². The number of amides is 1. The van der Waals surface area contributed by atoms with Crippen molar-refractivity contribution < 1.29 is 14.3 Å². The first-order valence-corrected chi connectivity index (χ1v) is 11.6. The molecule has 1 saturated carbocycles. The summed E-state index contributed by atoms with van der Waals surface area (Å²) in [5.41, 5.74) is 3.02. The third kappa shape index (κ3) is 5.26. The molecule has 2 aliphatic rings. The highest BCUT2D eigenvalue weighted by molar-refractivity contribution is 7.13. The number of rotatable bonds is 7. The highest BCUT2D eigenvalue weighted by atomic mass is 32.1. The first kappa shape index (κ1) is 21.0. The maximum Gasteiger partial charge on any atom is 0.311 e. The molecule has 2 heterocycles. The molecule has 1 aliphatic heterocycles. The summed E-state index contributed by atoms with van der Waals surface area (Å²) in [4.78, 5) is 33.3. The van der Waals surface area contributed by atoms with Gasteiger partial charge in [0.25, 0.3) is 0 Å². The van der Waals surface area contributed by atoms with Crippen molar-refractivity contribution in [1.82, 2.24) is 14.8 Å². The van der Waals surface area contributed by atoms with Crippen LogP contribution in [-0.4, -0.2) is 66.0 Å². The topological polar surface area (TPSA) is 62.7 Å². The fraction of sp³-hybridized carbons (Fsp3) is 0.522. The summed E-state index contributed by atoms with van der Waals surface area (Å²) >= 11 is 1.55. The summed E-state index contributed by atoms with van der Waals surface area (Å²) in [7, 11) is 0. The molecule has 7 heteroatoms. The molecule has 4 rings (SSSR count). The average Bonchev–Trinajstić information content (AvgIpc) is 3.15. The quantitative estimate of drug-likeness (QED) is 0.635. The van der Waals surface area contributed by atoms with E-state index < -0.39 is 0 Å². The number of piperazine rings is 1. The number of benzene rings is 1. The number of carbonyl (C=O) groups is 2. The minimum absolute atomic E-state index is 0.200. The summed E-state index contributed by atoms with van der Waals surface area (Å²) < 4.78 is 5.43. The van der Waals surface area contributed by atoms with E-state index in [-0.39, 0.29) is 18.3 Å². The number of thiazole rings is 1. The molecule has 0 bridgehead atoms. The van der Waals surface area contributed by atoms with Crippen LogP contribution in [0.3, 0.4) is 0 Å². The molecule has 1 saturated heterocycles. The molecule has 1 aromatic heterocycles. The summed E-state index contributed by atoms with van der Waals surface area (Å²) in [6, 6.07) is 8.21. The lowest BCUT2D eigenvalue weighted by Gasteiger charge is -2.38. The van der Waals surface area contributed by atoms with E-state index in [1.54, 1.807) is 11.3 Å². The van der Waals surface area contributed by atoms with Gasteiger partial charge >= 0.3 is 5.97 Å². The first-order valence-electron chi connectivity index (χ1n) is 10.8. The first-order chi connectivity index (χ1) is 14.6. The zero-order chi connectivity index (χ0) is 20.9. The Balaban J connectivity index is 1.16. The summed E-state index contributed by atoms with van der Waals surface area (Å²) in [5.74, 6) is 0.366. The number of ether oxygens (including phenoxy) is 1. The van der Waals surface area contributed by atoms with Gasteiger partial charge in [-0.1, -0.05) is 30.2 Å². The number of esters is 1. The van der Waals surface area contributed by atoms with Gasteiger partial charge in [0.05, 0.1) is 12.1 Å². The second kappa shape index (κ2) is 9.71. The van der Waals surface area contributed by atoms with Crippen LogP contribution < -0.4 is 0 Å². The summed E-state index contributed by atoms with van der Waals surface area (Å²) in [5, 5.41) is 2.85. The second-order valence-corrected chi connectivity index (χ2v) is 9.06. The van der Waals surface area contributed by atoms with Gasteiger partial charge in [0.1, 0.15) is 11.6 Å². The van der Waals surface area contributed by atoms with Crippen molar-refractivity contribution in [1.29, 1.82) is 0 Å². The Morgan fingerprint density at radius 2 is 2.00 bits per heavy atom. The Morgan fingerprint density at radius 1 is 1.20 bits per heavy atom. The van der Waals surface area contributed by atoms with Gasteiger partial charge in [0.2, 0.25) is 5.91 Å². The second-order valence-electron chi connectivity index (χ2n) is 8.21. The Hall–Kier alpha value is -2.25. The molecule has 0 radical (unpaired) electrons. The van der Waals surface area contributed by atoms with Crippen molar-refractivity contribution in [2.24, 2.45) is 5.92 Å². The molecule has 0 spiro atoms. The Labute approximate surface area is 181 Å². The molecule has 30 heavy (non-hydrogen) atoms. The van der Waals surface area contributed by atoms with Crippen LogP contribution in [0.5, 0.6) is 0 Å². The van der Waals surface area contributed by atoms with E-state index in [2.05, 4.69) is 28.9 Å². The molecule has 0 N–H and O–H groups in total. The maximum atomic E-state index is 12.3. The third-order valence-corrected chi connectivity index (χ3v) is 6.89. The van der Waals surface area contributed by atoms with Crippen molar-refractivity contribution in [3.05, 3.63) is 40.9 Å². The maximum absolute atomic E-state index is 12.3. The zero-order valence-corrected chi connectivity index (χ0v) is 18.3. The summed E-state index contributed by atoms with van der Waals surface area (Å²) in [6.45, 7) is 6.41. The van der Waals surface area contributed by atoms with Crippen molar-refractivity contribution in [3.8, 4) is 10.6 Å². The monoisotopic (exact) mass is 427 g/mol. The van der Waals surface area contributed by atoms with E-state index in [1.165, 1.54) is 12.0 Å². The van der Waals surface area contributed by atoms with Crippen molar-refractivity contribution in [2.45, 2.75) is 32.6 Å². The van der Waals surface area contributed by atoms with Crippen LogP contribution in [0, 0.1) is 12.8 Å². The van der Waals surface area contributed by atoms with E-state index in [1.807, 2.05) is 22.4 Å². The Kier molecular flexibility index (Phi) is 6.79. The van der Waals surface area contributed by atoms with E-state index in [0.29, 0.717) is 19.1 Å².